The molecular weight excluding hydrogens is 585 g/mol. The molecule has 0 saturated carbocycles. The zero-order valence-electron chi connectivity index (χ0n) is 24.8. The molecule has 8 nitrogen and oxygen atoms in total. The molecule has 3 fully saturated rings. The number of hydrogen-bond donors (Lipinski definition) is 2. The van der Waals surface area contributed by atoms with E-state index in [0.717, 1.165) is 19.4 Å². The Morgan fingerprint density at radius 1 is 1.16 bits per heavy atom. The number of rotatable bonds is 5. The third-order valence-electron chi connectivity index (χ3n) is 9.23. The van der Waals surface area contributed by atoms with E-state index in [1.807, 2.05) is 4.90 Å². The van der Waals surface area contributed by atoms with Crippen molar-refractivity contribution >= 4 is 27.5 Å². The lowest BCUT2D eigenvalue weighted by Gasteiger charge is -2.31. The molecule has 234 valence electrons. The molecule has 4 heterocycles. The molecule has 0 radical (unpaired) electrons. The van der Waals surface area contributed by atoms with Crippen LogP contribution in [0.15, 0.2) is 36.4 Å². The lowest BCUT2D eigenvalue weighted by Crippen LogP contribution is -2.44. The fourth-order valence-electron chi connectivity index (χ4n) is 7.25. The number of hydrogen-bond acceptors (Lipinski definition) is 8. The van der Waals surface area contributed by atoms with Gasteiger partial charge in [-0.15, -0.1) is 6.42 Å². The third-order valence-corrected chi connectivity index (χ3v) is 9.23. The first-order valence-corrected chi connectivity index (χ1v) is 15.1. The molecule has 11 heteroatoms. The summed E-state index contributed by atoms with van der Waals surface area (Å²) in [6.07, 6.45) is 6.77. The number of aromatic nitrogens is 2. The molecule has 3 aliphatic rings. The van der Waals surface area contributed by atoms with Crippen molar-refractivity contribution in [3.8, 4) is 35.2 Å². The predicted octanol–water partition coefficient (Wildman–Crippen LogP) is 4.96. The van der Waals surface area contributed by atoms with Crippen molar-refractivity contribution in [3.05, 3.63) is 53.6 Å². The number of fused-ring (bicyclic) bond motifs is 3. The highest BCUT2D eigenvalue weighted by atomic mass is 19.1. The van der Waals surface area contributed by atoms with Gasteiger partial charge in [-0.3, -0.25) is 4.90 Å². The number of ether oxygens (including phenoxy) is 2. The summed E-state index contributed by atoms with van der Waals surface area (Å²) < 4.78 is 57.8. The summed E-state index contributed by atoms with van der Waals surface area (Å²) in [4.78, 5) is 13.1. The molecule has 3 saturated heterocycles. The van der Waals surface area contributed by atoms with Gasteiger partial charge < -0.3 is 24.6 Å². The molecule has 3 aromatic carbocycles. The molecule has 0 amide bonds. The standard InChI is InChI=1S/C34H33F3N4O4/c1-3-23-27(36)8-5-20-13-22(42)14-26(28(20)23)24-6-7-25-30(29(24)37)38-32(39-31(25)40-11-12-44-18-33(2,43)17-40)45-19-34-9-4-10-41(34)16-21(35)15-34/h1,5-8,13-14,21,42-43H,4,9-12,15-19H2,2H3/t21-,33?,34+/m1/s1. The van der Waals surface area contributed by atoms with Crippen LogP contribution in [0.1, 0.15) is 31.7 Å². The van der Waals surface area contributed by atoms with E-state index in [-0.39, 0.29) is 59.1 Å². The maximum absolute atomic E-state index is 16.8. The van der Waals surface area contributed by atoms with Gasteiger partial charge in [0.05, 0.1) is 30.9 Å². The molecule has 0 spiro atoms. The maximum Gasteiger partial charge on any atom is 0.319 e. The van der Waals surface area contributed by atoms with Crippen LogP contribution in [0.2, 0.25) is 0 Å². The summed E-state index contributed by atoms with van der Waals surface area (Å²) in [6, 6.07) is 8.56. The fourth-order valence-corrected chi connectivity index (χ4v) is 7.25. The van der Waals surface area contributed by atoms with Crippen molar-refractivity contribution < 1.29 is 32.9 Å². The van der Waals surface area contributed by atoms with E-state index < -0.39 is 28.9 Å². The highest BCUT2D eigenvalue weighted by molar-refractivity contribution is 6.04. The van der Waals surface area contributed by atoms with Crippen molar-refractivity contribution in [3.63, 3.8) is 0 Å². The summed E-state index contributed by atoms with van der Waals surface area (Å²) in [7, 11) is 0. The van der Waals surface area contributed by atoms with Gasteiger partial charge in [0.1, 0.15) is 41.3 Å². The van der Waals surface area contributed by atoms with Crippen LogP contribution >= 0.6 is 0 Å². The first-order chi connectivity index (χ1) is 21.6. The number of halogens is 3. The van der Waals surface area contributed by atoms with Gasteiger partial charge in [-0.05, 0) is 61.5 Å². The van der Waals surface area contributed by atoms with Crippen molar-refractivity contribution in [2.45, 2.75) is 43.5 Å². The topological polar surface area (TPSA) is 91.2 Å². The van der Waals surface area contributed by atoms with E-state index in [1.54, 1.807) is 13.0 Å². The normalized spacial score (nSPS) is 25.4. The molecular formula is C34H33F3N4O4. The van der Waals surface area contributed by atoms with Crippen molar-refractivity contribution in [2.75, 3.05) is 50.9 Å². The molecule has 45 heavy (non-hydrogen) atoms. The minimum atomic E-state index is -1.20. The first-order valence-electron chi connectivity index (χ1n) is 15.1. The molecule has 1 aromatic heterocycles. The van der Waals surface area contributed by atoms with Crippen LogP contribution in [0.3, 0.4) is 0 Å². The van der Waals surface area contributed by atoms with E-state index in [9.17, 15) is 19.0 Å². The summed E-state index contributed by atoms with van der Waals surface area (Å²) in [5.41, 5.74) is -1.55. The number of benzene rings is 3. The maximum atomic E-state index is 16.8. The lowest BCUT2D eigenvalue weighted by molar-refractivity contribution is -0.0123. The lowest BCUT2D eigenvalue weighted by atomic mass is 9.93. The van der Waals surface area contributed by atoms with E-state index in [2.05, 4.69) is 15.8 Å². The van der Waals surface area contributed by atoms with Gasteiger partial charge in [0.15, 0.2) is 5.82 Å². The second-order valence-electron chi connectivity index (χ2n) is 12.6. The van der Waals surface area contributed by atoms with E-state index in [1.165, 1.54) is 30.3 Å². The van der Waals surface area contributed by atoms with Crippen molar-refractivity contribution in [1.29, 1.82) is 0 Å². The summed E-state index contributed by atoms with van der Waals surface area (Å²) in [5.74, 6) is 1.18. The SMILES string of the molecule is C#Cc1c(F)ccc2cc(O)cc(-c3ccc4c(N5CCOCC(C)(O)C5)nc(OC[C@@]56CCCN5C[C@H](F)C6)nc4c3F)c12. The zero-order chi connectivity index (χ0) is 31.5. The Bertz CT molecular complexity index is 1860. The average Bonchev–Trinajstić information content (AvgIpc) is 3.46. The molecule has 3 atom stereocenters. The molecule has 7 rings (SSSR count). The van der Waals surface area contributed by atoms with Crippen LogP contribution < -0.4 is 9.64 Å². The van der Waals surface area contributed by atoms with E-state index in [4.69, 9.17) is 20.9 Å². The fraction of sp³-hybridized carbons (Fsp3) is 0.412. The van der Waals surface area contributed by atoms with Crippen molar-refractivity contribution in [2.24, 2.45) is 0 Å². The Kier molecular flexibility index (Phi) is 7.27. The van der Waals surface area contributed by atoms with Crippen LogP contribution in [-0.4, -0.2) is 88.4 Å². The van der Waals surface area contributed by atoms with Gasteiger partial charge in [0.25, 0.3) is 0 Å². The van der Waals surface area contributed by atoms with Gasteiger partial charge >= 0.3 is 6.01 Å². The molecule has 1 unspecified atom stereocenters. The highest BCUT2D eigenvalue weighted by Gasteiger charge is 2.49. The summed E-state index contributed by atoms with van der Waals surface area (Å²) >= 11 is 0. The number of anilines is 1. The van der Waals surface area contributed by atoms with Crippen LogP contribution in [0.4, 0.5) is 19.0 Å². The quantitative estimate of drug-likeness (QED) is 0.304. The summed E-state index contributed by atoms with van der Waals surface area (Å²) in [5, 5.41) is 22.5. The molecule has 0 bridgehead atoms. The smallest absolute Gasteiger partial charge is 0.319 e. The van der Waals surface area contributed by atoms with Gasteiger partial charge in [-0.2, -0.15) is 9.97 Å². The monoisotopic (exact) mass is 618 g/mol. The Hall–Kier alpha value is -4.11. The minimum absolute atomic E-state index is 0.0453. The van der Waals surface area contributed by atoms with E-state index in [0.29, 0.717) is 42.7 Å². The van der Waals surface area contributed by atoms with Crippen LogP contribution in [0.5, 0.6) is 11.8 Å². The van der Waals surface area contributed by atoms with E-state index >= 15 is 4.39 Å². The number of alkyl halides is 1. The number of phenolic OH excluding ortho intramolecular Hbond substituents is 1. The minimum Gasteiger partial charge on any atom is -0.508 e. The highest BCUT2D eigenvalue weighted by Crippen LogP contribution is 2.42. The number of β-amino-alcohol motifs (C(OH)–C–C–N with tert-alkyl or cyclic N) is 1. The number of aliphatic hydroxyl groups is 1. The molecule has 3 aliphatic heterocycles. The Morgan fingerprint density at radius 3 is 2.82 bits per heavy atom. The predicted molar refractivity (Wildman–Crippen MR) is 164 cm³/mol. The van der Waals surface area contributed by atoms with Crippen LogP contribution in [0.25, 0.3) is 32.8 Å². The van der Waals surface area contributed by atoms with Crippen LogP contribution in [0, 0.1) is 24.0 Å². The summed E-state index contributed by atoms with van der Waals surface area (Å²) in [6.45, 7) is 3.89. The molecule has 4 aromatic rings. The zero-order valence-corrected chi connectivity index (χ0v) is 24.8. The second kappa shape index (κ2) is 11.1. The Morgan fingerprint density at radius 2 is 2.00 bits per heavy atom. The Balaban J connectivity index is 1.39. The molecule has 0 aliphatic carbocycles. The van der Waals surface area contributed by atoms with Gasteiger partial charge in [0, 0.05) is 35.8 Å². The van der Waals surface area contributed by atoms with Crippen LogP contribution in [-0.2, 0) is 4.74 Å². The number of nitrogens with zero attached hydrogens (tertiary/aromatic N) is 4. The second-order valence-corrected chi connectivity index (χ2v) is 12.6. The Labute approximate surface area is 258 Å². The molecule has 2 N–H and O–H groups in total. The van der Waals surface area contributed by atoms with Crippen molar-refractivity contribution in [1.82, 2.24) is 14.9 Å². The van der Waals surface area contributed by atoms with Gasteiger partial charge in [-0.1, -0.05) is 18.1 Å². The average molecular weight is 619 g/mol. The third kappa shape index (κ3) is 5.21. The van der Waals surface area contributed by atoms with Gasteiger partial charge in [-0.25, -0.2) is 13.2 Å². The van der Waals surface area contributed by atoms with Gasteiger partial charge in [0.2, 0.25) is 0 Å². The number of phenols is 1. The number of terminal acetylenes is 1. The largest absolute Gasteiger partial charge is 0.508 e. The number of aromatic hydroxyl groups is 1. The first kappa shape index (κ1) is 29.6.